The number of nitrogens with zero attached hydrogens (tertiary/aromatic N) is 2. The normalized spacial score (nSPS) is 12.8. The number of amides is 1. The van der Waals surface area contributed by atoms with Crippen molar-refractivity contribution in [3.05, 3.63) is 82.6 Å². The predicted octanol–water partition coefficient (Wildman–Crippen LogP) is 4.99. The lowest BCUT2D eigenvalue weighted by Gasteiger charge is -2.19. The van der Waals surface area contributed by atoms with E-state index in [0.29, 0.717) is 10.6 Å². The van der Waals surface area contributed by atoms with Gasteiger partial charge in [0.1, 0.15) is 0 Å². The van der Waals surface area contributed by atoms with Crippen LogP contribution in [0.4, 0.5) is 17.1 Å². The molecule has 0 radical (unpaired) electrons. The third kappa shape index (κ3) is 3.16. The first kappa shape index (κ1) is 16.6. The number of carbonyl (C=O) groups excluding carboxylic acids is 1. The monoisotopic (exact) mass is 363 g/mol. The van der Waals surface area contributed by atoms with Crippen LogP contribution in [0.5, 0.6) is 0 Å². The van der Waals surface area contributed by atoms with Gasteiger partial charge in [0.05, 0.1) is 17.4 Å². The van der Waals surface area contributed by atoms with E-state index >= 15 is 0 Å². The van der Waals surface area contributed by atoms with E-state index in [-0.39, 0.29) is 5.91 Å². The van der Waals surface area contributed by atoms with Crippen molar-refractivity contribution in [2.75, 3.05) is 16.8 Å². The first-order valence-corrected chi connectivity index (χ1v) is 8.87. The zero-order chi connectivity index (χ0) is 18.1. The first-order valence-electron chi connectivity index (χ1n) is 8.50. The topological polar surface area (TPSA) is 45.2 Å². The lowest BCUT2D eigenvalue weighted by molar-refractivity contribution is 0.102. The van der Waals surface area contributed by atoms with Crippen LogP contribution in [-0.4, -0.2) is 17.4 Å². The Bertz CT molecular complexity index is 986. The van der Waals surface area contributed by atoms with Gasteiger partial charge >= 0.3 is 0 Å². The number of benzene rings is 2. The molecule has 0 bridgehead atoms. The molecule has 4 nitrogen and oxygen atoms in total. The molecule has 0 aliphatic carbocycles. The van der Waals surface area contributed by atoms with Crippen molar-refractivity contribution in [1.29, 1.82) is 0 Å². The van der Waals surface area contributed by atoms with E-state index in [4.69, 9.17) is 11.6 Å². The molecule has 0 saturated heterocycles. The van der Waals surface area contributed by atoms with Crippen LogP contribution in [0.15, 0.2) is 60.9 Å². The molecule has 3 aromatic rings. The number of aromatic nitrogens is 1. The van der Waals surface area contributed by atoms with Crippen molar-refractivity contribution >= 4 is 34.6 Å². The molecule has 0 atom stereocenters. The number of halogens is 1. The standard InChI is InChI=1S/C21H18ClN3O/c1-14-10-17(22)6-7-19(14)24-21(26)16-11-18(13-23-12-16)25-9-8-15-4-2-3-5-20(15)25/h2-7,10-13H,8-9H2,1H3,(H,24,26). The van der Waals surface area contributed by atoms with Crippen molar-refractivity contribution in [3.63, 3.8) is 0 Å². The summed E-state index contributed by atoms with van der Waals surface area (Å²) in [6.07, 6.45) is 4.38. The minimum absolute atomic E-state index is 0.183. The van der Waals surface area contributed by atoms with Crippen LogP contribution in [0.25, 0.3) is 0 Å². The van der Waals surface area contributed by atoms with Crippen LogP contribution in [-0.2, 0) is 6.42 Å². The van der Waals surface area contributed by atoms with Gasteiger partial charge in [-0.1, -0.05) is 29.8 Å². The second-order valence-electron chi connectivity index (χ2n) is 6.38. The van der Waals surface area contributed by atoms with Crippen molar-refractivity contribution in [2.45, 2.75) is 13.3 Å². The predicted molar refractivity (Wildman–Crippen MR) is 106 cm³/mol. The minimum atomic E-state index is -0.183. The third-order valence-electron chi connectivity index (χ3n) is 4.62. The van der Waals surface area contributed by atoms with Gasteiger partial charge in [-0.25, -0.2) is 0 Å². The zero-order valence-electron chi connectivity index (χ0n) is 14.4. The van der Waals surface area contributed by atoms with E-state index in [1.807, 2.05) is 31.2 Å². The molecular formula is C21H18ClN3O. The number of pyridine rings is 1. The van der Waals surface area contributed by atoms with Crippen LogP contribution in [0.2, 0.25) is 5.02 Å². The fourth-order valence-electron chi connectivity index (χ4n) is 3.27. The second kappa shape index (κ2) is 6.81. The van der Waals surface area contributed by atoms with Gasteiger partial charge in [0.25, 0.3) is 5.91 Å². The third-order valence-corrected chi connectivity index (χ3v) is 4.86. The molecule has 2 aromatic carbocycles. The number of carbonyl (C=O) groups is 1. The molecule has 26 heavy (non-hydrogen) atoms. The number of aryl methyl sites for hydroxylation is 1. The Morgan fingerprint density at radius 1 is 1.15 bits per heavy atom. The maximum absolute atomic E-state index is 12.7. The molecule has 130 valence electrons. The lowest BCUT2D eigenvalue weighted by Crippen LogP contribution is -2.17. The maximum atomic E-state index is 12.7. The highest BCUT2D eigenvalue weighted by atomic mass is 35.5. The molecule has 0 spiro atoms. The molecule has 1 aliphatic rings. The smallest absolute Gasteiger partial charge is 0.257 e. The lowest BCUT2D eigenvalue weighted by atomic mass is 10.1. The summed E-state index contributed by atoms with van der Waals surface area (Å²) in [5.74, 6) is -0.183. The Balaban J connectivity index is 1.59. The molecule has 4 rings (SSSR count). The Morgan fingerprint density at radius 2 is 2.00 bits per heavy atom. The first-order chi connectivity index (χ1) is 12.6. The molecular weight excluding hydrogens is 346 g/mol. The van der Waals surface area contributed by atoms with E-state index in [1.54, 1.807) is 18.5 Å². The van der Waals surface area contributed by atoms with Crippen molar-refractivity contribution in [1.82, 2.24) is 4.98 Å². The Morgan fingerprint density at radius 3 is 2.85 bits per heavy atom. The van der Waals surface area contributed by atoms with Crippen molar-refractivity contribution in [2.24, 2.45) is 0 Å². The van der Waals surface area contributed by atoms with Gasteiger partial charge < -0.3 is 10.2 Å². The SMILES string of the molecule is Cc1cc(Cl)ccc1NC(=O)c1cncc(N2CCc3ccccc32)c1. The number of fused-ring (bicyclic) bond motifs is 1. The highest BCUT2D eigenvalue weighted by Gasteiger charge is 2.21. The summed E-state index contributed by atoms with van der Waals surface area (Å²) in [5, 5.41) is 3.58. The summed E-state index contributed by atoms with van der Waals surface area (Å²) in [6.45, 7) is 2.81. The average Bonchev–Trinajstić information content (AvgIpc) is 3.08. The molecule has 1 aromatic heterocycles. The van der Waals surface area contributed by atoms with Gasteiger partial charge in [-0.15, -0.1) is 0 Å². The maximum Gasteiger partial charge on any atom is 0.257 e. The van der Waals surface area contributed by atoms with Crippen molar-refractivity contribution < 1.29 is 4.79 Å². The summed E-state index contributed by atoms with van der Waals surface area (Å²) >= 11 is 5.98. The van der Waals surface area contributed by atoms with Crippen LogP contribution in [0.3, 0.4) is 0 Å². The van der Waals surface area contributed by atoms with E-state index in [2.05, 4.69) is 33.4 Å². The van der Waals surface area contributed by atoms with Gasteiger partial charge in [-0.2, -0.15) is 0 Å². The van der Waals surface area contributed by atoms with E-state index in [1.165, 1.54) is 11.3 Å². The Hall–Kier alpha value is -2.85. The summed E-state index contributed by atoms with van der Waals surface area (Å²) < 4.78 is 0. The molecule has 2 heterocycles. The summed E-state index contributed by atoms with van der Waals surface area (Å²) in [4.78, 5) is 19.1. The molecule has 0 saturated carbocycles. The van der Waals surface area contributed by atoms with Gasteiger partial charge in [-0.3, -0.25) is 9.78 Å². The Kier molecular flexibility index (Phi) is 4.35. The summed E-state index contributed by atoms with van der Waals surface area (Å²) in [7, 11) is 0. The van der Waals surface area contributed by atoms with Gasteiger partial charge in [0.15, 0.2) is 0 Å². The van der Waals surface area contributed by atoms with Crippen LogP contribution < -0.4 is 10.2 Å². The molecule has 0 unspecified atom stereocenters. The molecule has 5 heteroatoms. The van der Waals surface area contributed by atoms with Gasteiger partial charge in [0, 0.05) is 29.1 Å². The summed E-state index contributed by atoms with van der Waals surface area (Å²) in [5.41, 5.74) is 5.62. The molecule has 1 aliphatic heterocycles. The van der Waals surface area contributed by atoms with Crippen LogP contribution in [0.1, 0.15) is 21.5 Å². The number of hydrogen-bond acceptors (Lipinski definition) is 3. The number of hydrogen-bond donors (Lipinski definition) is 1. The average molecular weight is 364 g/mol. The molecule has 1 N–H and O–H groups in total. The molecule has 0 fully saturated rings. The number of rotatable bonds is 3. The minimum Gasteiger partial charge on any atom is -0.340 e. The Labute approximate surface area is 157 Å². The number of nitrogens with one attached hydrogen (secondary N) is 1. The molecule has 1 amide bonds. The van der Waals surface area contributed by atoms with E-state index in [0.717, 1.165) is 29.9 Å². The fraction of sp³-hybridized carbons (Fsp3) is 0.143. The van der Waals surface area contributed by atoms with E-state index in [9.17, 15) is 4.79 Å². The quantitative estimate of drug-likeness (QED) is 0.713. The van der Waals surface area contributed by atoms with Gasteiger partial charge in [-0.05, 0) is 54.8 Å². The van der Waals surface area contributed by atoms with Gasteiger partial charge in [0.2, 0.25) is 0 Å². The van der Waals surface area contributed by atoms with Crippen molar-refractivity contribution in [3.8, 4) is 0 Å². The largest absolute Gasteiger partial charge is 0.340 e. The highest BCUT2D eigenvalue weighted by molar-refractivity contribution is 6.30. The fourth-order valence-corrected chi connectivity index (χ4v) is 3.49. The second-order valence-corrected chi connectivity index (χ2v) is 6.81. The number of para-hydroxylation sites is 1. The van der Waals surface area contributed by atoms with E-state index < -0.39 is 0 Å². The summed E-state index contributed by atoms with van der Waals surface area (Å²) in [6, 6.07) is 15.6. The zero-order valence-corrected chi connectivity index (χ0v) is 15.1. The highest BCUT2D eigenvalue weighted by Crippen LogP contribution is 2.34. The number of anilines is 3. The van der Waals surface area contributed by atoms with Crippen LogP contribution in [0, 0.1) is 6.92 Å². The van der Waals surface area contributed by atoms with Crippen LogP contribution >= 0.6 is 11.6 Å².